The van der Waals surface area contributed by atoms with Crippen molar-refractivity contribution < 1.29 is 23.7 Å². The highest BCUT2D eigenvalue weighted by Gasteiger charge is 2.28. The Kier molecular flexibility index (Phi) is 6.91. The predicted octanol–water partition coefficient (Wildman–Crippen LogP) is 3.35. The fourth-order valence-electron chi connectivity index (χ4n) is 3.94. The topological polar surface area (TPSA) is 156 Å². The number of nitro benzene ring substituents is 1. The van der Waals surface area contributed by atoms with Gasteiger partial charge in [0.1, 0.15) is 5.76 Å². The molecule has 1 aliphatic carbocycles. The number of amides is 3. The van der Waals surface area contributed by atoms with Gasteiger partial charge in [-0.05, 0) is 51.0 Å². The first-order valence-corrected chi connectivity index (χ1v) is 11.2. The van der Waals surface area contributed by atoms with Crippen LogP contribution in [0.3, 0.4) is 0 Å². The normalized spacial score (nSPS) is 13.6. The third-order valence-corrected chi connectivity index (χ3v) is 5.73. The van der Waals surface area contributed by atoms with E-state index < -0.39 is 16.7 Å². The minimum Gasteiger partial charge on any atom is -0.455 e. The molecule has 0 saturated carbocycles. The Morgan fingerprint density at radius 3 is 2.36 bits per heavy atom. The van der Waals surface area contributed by atoms with Gasteiger partial charge in [0.15, 0.2) is 5.76 Å². The summed E-state index contributed by atoms with van der Waals surface area (Å²) < 4.78 is 5.78. The summed E-state index contributed by atoms with van der Waals surface area (Å²) in [6.07, 6.45) is 1.93. The molecule has 36 heavy (non-hydrogen) atoms. The molecular formula is C25H23N5O6. The quantitative estimate of drug-likeness (QED) is 0.369. The van der Waals surface area contributed by atoms with Gasteiger partial charge in [0.05, 0.1) is 10.6 Å². The van der Waals surface area contributed by atoms with E-state index in [9.17, 15) is 24.5 Å². The van der Waals surface area contributed by atoms with Crippen molar-refractivity contribution in [3.63, 3.8) is 0 Å². The molecule has 0 unspecified atom stereocenters. The van der Waals surface area contributed by atoms with Gasteiger partial charge in [0.2, 0.25) is 0 Å². The highest BCUT2D eigenvalue weighted by Crippen LogP contribution is 2.29. The van der Waals surface area contributed by atoms with Gasteiger partial charge in [-0.15, -0.1) is 0 Å². The molecule has 0 bridgehead atoms. The number of hydrazone groups is 1. The van der Waals surface area contributed by atoms with Crippen LogP contribution < -0.4 is 16.3 Å². The fourth-order valence-corrected chi connectivity index (χ4v) is 3.94. The average Bonchev–Trinajstić information content (AvgIpc) is 3.22. The summed E-state index contributed by atoms with van der Waals surface area (Å²) in [5.74, 6) is -1.06. The Hall–Kier alpha value is -4.80. The van der Waals surface area contributed by atoms with E-state index in [-0.39, 0.29) is 22.9 Å². The van der Waals surface area contributed by atoms with Crippen LogP contribution in [0.1, 0.15) is 66.6 Å². The maximum atomic E-state index is 12.7. The van der Waals surface area contributed by atoms with Crippen molar-refractivity contribution in [1.29, 1.82) is 0 Å². The fraction of sp³-hybridized carbons (Fsp3) is 0.200. The maximum absolute atomic E-state index is 12.7. The lowest BCUT2D eigenvalue weighted by Crippen LogP contribution is -2.41. The zero-order valence-electron chi connectivity index (χ0n) is 19.6. The second kappa shape index (κ2) is 10.2. The summed E-state index contributed by atoms with van der Waals surface area (Å²) >= 11 is 0. The van der Waals surface area contributed by atoms with Gasteiger partial charge in [0, 0.05) is 40.8 Å². The molecule has 11 nitrogen and oxygen atoms in total. The molecule has 0 spiro atoms. The summed E-state index contributed by atoms with van der Waals surface area (Å²) in [5, 5.41) is 15.1. The van der Waals surface area contributed by atoms with Crippen molar-refractivity contribution in [1.82, 2.24) is 16.3 Å². The number of hydrogen-bond donors (Lipinski definition) is 3. The molecule has 0 saturated heterocycles. The largest absolute Gasteiger partial charge is 0.455 e. The van der Waals surface area contributed by atoms with E-state index in [1.165, 1.54) is 24.3 Å². The van der Waals surface area contributed by atoms with E-state index in [0.29, 0.717) is 41.0 Å². The summed E-state index contributed by atoms with van der Waals surface area (Å²) in [7, 11) is 0. The number of nitrogens with zero attached hydrogens (tertiary/aromatic N) is 2. The minimum atomic E-state index is -0.666. The SMILES string of the molecule is Cc1cccc(C(=O)N/N=C2\CCCc3oc(C(=O)NNC(=O)c4ccc([N+](=O)[O-])cc4)c(C)c32)c1. The standard InChI is InChI=1S/C25H23N5O6/c1-14-5-3-6-17(13-14)24(32)27-26-19-7-4-8-20-21(19)15(2)22(36-20)25(33)29-28-23(31)16-9-11-18(12-10-16)30(34)35/h3,5-6,9-13H,4,7-8H2,1-2H3,(H,27,32)(H,28,31)(H,29,33)/b26-19+. The molecule has 11 heteroatoms. The molecule has 3 aromatic rings. The number of nitro groups is 1. The van der Waals surface area contributed by atoms with Crippen molar-refractivity contribution in [2.45, 2.75) is 33.1 Å². The first kappa shape index (κ1) is 24.3. The lowest BCUT2D eigenvalue weighted by molar-refractivity contribution is -0.384. The zero-order valence-corrected chi connectivity index (χ0v) is 19.6. The molecule has 0 aliphatic heterocycles. The molecule has 3 N–H and O–H groups in total. The summed E-state index contributed by atoms with van der Waals surface area (Å²) in [4.78, 5) is 47.7. The van der Waals surface area contributed by atoms with Crippen LogP contribution in [0.15, 0.2) is 58.0 Å². The zero-order chi connectivity index (χ0) is 25.8. The van der Waals surface area contributed by atoms with Gasteiger partial charge >= 0.3 is 5.91 Å². The predicted molar refractivity (Wildman–Crippen MR) is 130 cm³/mol. The van der Waals surface area contributed by atoms with E-state index in [1.807, 2.05) is 13.0 Å². The third-order valence-electron chi connectivity index (χ3n) is 5.73. The lowest BCUT2D eigenvalue weighted by atomic mass is 9.93. The minimum absolute atomic E-state index is 0.0172. The van der Waals surface area contributed by atoms with Crippen LogP contribution in [-0.2, 0) is 6.42 Å². The number of rotatable bonds is 5. The van der Waals surface area contributed by atoms with Crippen molar-refractivity contribution in [3.8, 4) is 0 Å². The number of carbonyl (C=O) groups excluding carboxylic acids is 3. The Balaban J connectivity index is 1.46. The van der Waals surface area contributed by atoms with E-state index >= 15 is 0 Å². The molecule has 3 amide bonds. The number of furan rings is 1. The second-order valence-corrected chi connectivity index (χ2v) is 8.29. The average molecular weight is 489 g/mol. The van der Waals surface area contributed by atoms with Crippen LogP contribution >= 0.6 is 0 Å². The van der Waals surface area contributed by atoms with Gasteiger partial charge in [-0.1, -0.05) is 17.7 Å². The monoisotopic (exact) mass is 489 g/mol. The highest BCUT2D eigenvalue weighted by molar-refractivity contribution is 6.07. The van der Waals surface area contributed by atoms with Crippen molar-refractivity contribution in [3.05, 3.63) is 98.0 Å². The maximum Gasteiger partial charge on any atom is 0.305 e. The molecule has 4 rings (SSSR count). The number of benzene rings is 2. The summed E-state index contributed by atoms with van der Waals surface area (Å²) in [6.45, 7) is 3.60. The number of fused-ring (bicyclic) bond motifs is 1. The Labute approximate surface area is 205 Å². The van der Waals surface area contributed by atoms with Crippen molar-refractivity contribution >= 4 is 29.1 Å². The molecule has 0 radical (unpaired) electrons. The van der Waals surface area contributed by atoms with Gasteiger partial charge < -0.3 is 4.42 Å². The first-order valence-electron chi connectivity index (χ1n) is 11.2. The molecule has 1 aliphatic rings. The second-order valence-electron chi connectivity index (χ2n) is 8.29. The number of carbonyl (C=O) groups is 3. The van der Waals surface area contributed by atoms with E-state index in [2.05, 4.69) is 21.4 Å². The van der Waals surface area contributed by atoms with Gasteiger partial charge in [-0.2, -0.15) is 5.10 Å². The Morgan fingerprint density at radius 2 is 1.67 bits per heavy atom. The van der Waals surface area contributed by atoms with Crippen LogP contribution in [0, 0.1) is 24.0 Å². The molecule has 1 heterocycles. The van der Waals surface area contributed by atoms with Crippen molar-refractivity contribution in [2.24, 2.45) is 5.10 Å². The van der Waals surface area contributed by atoms with Crippen LogP contribution in [-0.4, -0.2) is 28.4 Å². The van der Waals surface area contributed by atoms with Crippen LogP contribution in [0.5, 0.6) is 0 Å². The third kappa shape index (κ3) is 5.14. The van der Waals surface area contributed by atoms with E-state index in [1.54, 1.807) is 25.1 Å². The van der Waals surface area contributed by atoms with E-state index in [4.69, 9.17) is 4.42 Å². The smallest absolute Gasteiger partial charge is 0.305 e. The van der Waals surface area contributed by atoms with Crippen molar-refractivity contribution in [2.75, 3.05) is 0 Å². The van der Waals surface area contributed by atoms with Crippen LogP contribution in [0.4, 0.5) is 5.69 Å². The molecule has 0 atom stereocenters. The Bertz CT molecular complexity index is 1390. The molecular weight excluding hydrogens is 466 g/mol. The molecule has 184 valence electrons. The van der Waals surface area contributed by atoms with Crippen LogP contribution in [0.25, 0.3) is 0 Å². The molecule has 2 aromatic carbocycles. The van der Waals surface area contributed by atoms with Gasteiger partial charge in [-0.3, -0.25) is 35.3 Å². The molecule has 1 aromatic heterocycles. The van der Waals surface area contributed by atoms with Crippen LogP contribution in [0.2, 0.25) is 0 Å². The number of non-ortho nitro benzene ring substituents is 1. The number of nitrogens with one attached hydrogen (secondary N) is 3. The first-order chi connectivity index (χ1) is 17.2. The number of hydrogen-bond acceptors (Lipinski definition) is 7. The lowest BCUT2D eigenvalue weighted by Gasteiger charge is -2.13. The van der Waals surface area contributed by atoms with Gasteiger partial charge in [0.25, 0.3) is 17.5 Å². The Morgan fingerprint density at radius 1 is 0.944 bits per heavy atom. The number of aryl methyl sites for hydroxylation is 2. The summed E-state index contributed by atoms with van der Waals surface area (Å²) in [6, 6.07) is 12.1. The molecule has 0 fully saturated rings. The highest BCUT2D eigenvalue weighted by atomic mass is 16.6. The summed E-state index contributed by atoms with van der Waals surface area (Å²) in [5.41, 5.74) is 10.4. The number of hydrazine groups is 1. The van der Waals surface area contributed by atoms with E-state index in [0.717, 1.165) is 12.0 Å². The van der Waals surface area contributed by atoms with Gasteiger partial charge in [-0.25, -0.2) is 5.43 Å².